The number of carbonyl (C=O) groups excluding carboxylic acids is 4. The van der Waals surface area contributed by atoms with E-state index in [1.165, 1.54) is 20.8 Å². The fraction of sp³-hybridized carbons (Fsp3) is 0.879. The quantitative estimate of drug-likeness (QED) is 0.175. The molecule has 0 heterocycles. The van der Waals surface area contributed by atoms with Crippen molar-refractivity contribution in [2.75, 3.05) is 0 Å². The van der Waals surface area contributed by atoms with Gasteiger partial charge in [0.15, 0.2) is 6.10 Å². The van der Waals surface area contributed by atoms with Crippen molar-refractivity contribution in [2.45, 2.75) is 136 Å². The lowest BCUT2D eigenvalue weighted by atomic mass is 9.43. The van der Waals surface area contributed by atoms with Crippen LogP contribution < -0.4 is 0 Å². The van der Waals surface area contributed by atoms with Gasteiger partial charge in [-0.25, -0.2) is 0 Å². The van der Waals surface area contributed by atoms with E-state index in [0.717, 1.165) is 25.7 Å². The third kappa shape index (κ3) is 7.19. The van der Waals surface area contributed by atoms with Crippen LogP contribution in [-0.2, 0) is 48.2 Å². The summed E-state index contributed by atoms with van der Waals surface area (Å²) in [4.78, 5) is 49.3. The van der Waals surface area contributed by atoms with Gasteiger partial charge in [0.25, 0.3) is 0 Å². The number of esters is 4. The molecule has 12 atom stereocenters. The summed E-state index contributed by atoms with van der Waals surface area (Å²) in [7, 11) is -5.77. The molecule has 0 aromatic heterocycles. The normalized spacial score (nSPS) is 38.1. The van der Waals surface area contributed by atoms with Gasteiger partial charge in [0.05, 0.1) is 0 Å². The number of halogens is 2. The van der Waals surface area contributed by atoms with Gasteiger partial charge in [-0.3, -0.25) is 23.7 Å². The van der Waals surface area contributed by atoms with Gasteiger partial charge in [-0.2, -0.15) is 17.2 Å². The molecule has 4 saturated carbocycles. The maximum Gasteiger partial charge on any atom is 0.405 e. The molecule has 4 rings (SSSR count). The second kappa shape index (κ2) is 13.5. The van der Waals surface area contributed by atoms with Crippen molar-refractivity contribution in [2.24, 2.45) is 46.3 Å². The maximum atomic E-state index is 14.0. The highest BCUT2D eigenvalue weighted by Gasteiger charge is 2.67. The van der Waals surface area contributed by atoms with E-state index in [9.17, 15) is 36.4 Å². The predicted molar refractivity (Wildman–Crippen MR) is 163 cm³/mol. The first-order valence-electron chi connectivity index (χ1n) is 16.7. The van der Waals surface area contributed by atoms with E-state index in [2.05, 4.69) is 13.8 Å². The molecular weight excluding hydrogens is 642 g/mol. The van der Waals surface area contributed by atoms with Gasteiger partial charge in [0.1, 0.15) is 18.3 Å². The minimum absolute atomic E-state index is 0.00656. The van der Waals surface area contributed by atoms with Crippen LogP contribution in [0.5, 0.6) is 0 Å². The first-order chi connectivity index (χ1) is 21.6. The number of hydrogen-bond acceptors (Lipinski definition) is 10. The molecule has 0 amide bonds. The standard InChI is InChI=1S/C33H50F2O11S/c1-17(8-11-29(39)43-18(2)33(34,35)47(40,41)42)24-9-10-25-30-26(16-28(32(24,25)7)46-21(5)38)31(6)13-12-23(44-19(3)36)14-22(31)15-27(30)45-20(4)37/h17-18,22-28,30H,8-16H2,1-7H3,(H,40,41,42)/t17-,18?,22?,23?,24-,25+,26+,27?,28?,30+,31+,32-/m1/s1. The number of rotatable bonds is 10. The first kappa shape index (κ1) is 37.5. The van der Waals surface area contributed by atoms with Gasteiger partial charge in [-0.1, -0.05) is 20.8 Å². The van der Waals surface area contributed by atoms with Crippen LogP contribution in [-0.4, -0.2) is 66.5 Å². The molecule has 14 heteroatoms. The molecule has 0 saturated heterocycles. The van der Waals surface area contributed by atoms with Crippen molar-refractivity contribution in [3.05, 3.63) is 0 Å². The Morgan fingerprint density at radius 3 is 2.09 bits per heavy atom. The van der Waals surface area contributed by atoms with Gasteiger partial charge in [0.2, 0.25) is 0 Å². The molecule has 0 aromatic rings. The highest BCUT2D eigenvalue weighted by Crippen LogP contribution is 2.69. The molecule has 0 bridgehead atoms. The highest BCUT2D eigenvalue weighted by atomic mass is 32.2. The molecule has 4 aliphatic carbocycles. The van der Waals surface area contributed by atoms with Crippen LogP contribution in [0.25, 0.3) is 0 Å². The summed E-state index contributed by atoms with van der Waals surface area (Å²) < 4.78 is 81.4. The van der Waals surface area contributed by atoms with Crippen LogP contribution in [0.2, 0.25) is 0 Å². The summed E-state index contributed by atoms with van der Waals surface area (Å²) in [5.41, 5.74) is -0.704. The maximum absolute atomic E-state index is 14.0. The zero-order valence-electron chi connectivity index (χ0n) is 28.3. The fourth-order valence-electron chi connectivity index (χ4n) is 10.2. The summed E-state index contributed by atoms with van der Waals surface area (Å²) in [6.07, 6.45) is 1.52. The summed E-state index contributed by atoms with van der Waals surface area (Å²) in [6, 6.07) is 0. The van der Waals surface area contributed by atoms with Crippen LogP contribution in [0.4, 0.5) is 8.78 Å². The number of fused-ring (bicyclic) bond motifs is 5. The zero-order chi connectivity index (χ0) is 35.3. The Kier molecular flexibility index (Phi) is 10.8. The van der Waals surface area contributed by atoms with E-state index < -0.39 is 44.9 Å². The Balaban J connectivity index is 1.59. The topological polar surface area (TPSA) is 160 Å². The summed E-state index contributed by atoms with van der Waals surface area (Å²) in [6.45, 7) is 11.2. The Morgan fingerprint density at radius 2 is 1.51 bits per heavy atom. The lowest BCUT2D eigenvalue weighted by Gasteiger charge is -2.64. The lowest BCUT2D eigenvalue weighted by molar-refractivity contribution is -0.224. The SMILES string of the molecule is CC(=O)OC1CC[C@@]2(C)C(C1)CC(OC(C)=O)[C@H]1[C@@H]3CC[C@H]([C@H](C)CCC(=O)OC(C)C(F)(F)S(=O)(=O)O)[C@@]3(C)C(OC(C)=O)C[C@@H]12. The third-order valence-corrected chi connectivity index (χ3v) is 13.3. The molecule has 0 radical (unpaired) electrons. The molecule has 0 spiro atoms. The number of hydrogen-bond donors (Lipinski definition) is 1. The molecular formula is C33H50F2O11S. The van der Waals surface area contributed by atoms with Crippen molar-refractivity contribution in [1.82, 2.24) is 0 Å². The highest BCUT2D eigenvalue weighted by molar-refractivity contribution is 7.86. The molecule has 5 unspecified atom stereocenters. The summed E-state index contributed by atoms with van der Waals surface area (Å²) in [5.74, 6) is -2.07. The van der Waals surface area contributed by atoms with E-state index in [1.807, 2.05) is 6.92 Å². The number of carbonyl (C=O) groups is 4. The van der Waals surface area contributed by atoms with Crippen molar-refractivity contribution in [3.63, 3.8) is 0 Å². The van der Waals surface area contributed by atoms with Gasteiger partial charge in [0, 0.05) is 38.5 Å². The summed E-state index contributed by atoms with van der Waals surface area (Å²) in [5, 5.41) is -4.65. The van der Waals surface area contributed by atoms with E-state index in [0.29, 0.717) is 26.2 Å². The smallest absolute Gasteiger partial charge is 0.405 e. The van der Waals surface area contributed by atoms with Crippen LogP contribution in [0, 0.1) is 46.3 Å². The first-order valence-corrected chi connectivity index (χ1v) is 18.1. The van der Waals surface area contributed by atoms with E-state index >= 15 is 0 Å². The Labute approximate surface area is 275 Å². The molecule has 0 aromatic carbocycles. The molecule has 268 valence electrons. The fourth-order valence-corrected chi connectivity index (χ4v) is 10.7. The Bertz CT molecular complexity index is 1340. The Hall–Kier alpha value is -2.35. The van der Waals surface area contributed by atoms with Crippen LogP contribution >= 0.6 is 0 Å². The minimum Gasteiger partial charge on any atom is -0.463 e. The monoisotopic (exact) mass is 692 g/mol. The lowest BCUT2D eigenvalue weighted by Crippen LogP contribution is -2.63. The van der Waals surface area contributed by atoms with E-state index in [4.69, 9.17) is 23.5 Å². The van der Waals surface area contributed by atoms with E-state index in [-0.39, 0.29) is 77.9 Å². The van der Waals surface area contributed by atoms with Gasteiger partial charge in [-0.15, -0.1) is 0 Å². The molecule has 4 aliphatic rings. The number of alkyl halides is 2. The van der Waals surface area contributed by atoms with Gasteiger partial charge >= 0.3 is 39.2 Å². The van der Waals surface area contributed by atoms with Crippen LogP contribution in [0.1, 0.15) is 106 Å². The zero-order valence-corrected chi connectivity index (χ0v) is 29.1. The van der Waals surface area contributed by atoms with Crippen LogP contribution in [0.3, 0.4) is 0 Å². The largest absolute Gasteiger partial charge is 0.463 e. The average Bonchev–Trinajstić information content (AvgIpc) is 3.29. The van der Waals surface area contributed by atoms with Crippen molar-refractivity contribution >= 4 is 34.0 Å². The van der Waals surface area contributed by atoms with Crippen molar-refractivity contribution < 1.29 is 59.9 Å². The molecule has 11 nitrogen and oxygen atoms in total. The second-order valence-corrected chi connectivity index (χ2v) is 16.4. The molecule has 1 N–H and O–H groups in total. The second-order valence-electron chi connectivity index (χ2n) is 15.0. The molecule has 0 aliphatic heterocycles. The summed E-state index contributed by atoms with van der Waals surface area (Å²) >= 11 is 0. The molecule has 4 fully saturated rings. The number of ether oxygens (including phenoxy) is 4. The average molecular weight is 693 g/mol. The Morgan fingerprint density at radius 1 is 0.894 bits per heavy atom. The molecule has 47 heavy (non-hydrogen) atoms. The van der Waals surface area contributed by atoms with Gasteiger partial charge < -0.3 is 18.9 Å². The van der Waals surface area contributed by atoms with Gasteiger partial charge in [-0.05, 0) is 93.3 Å². The van der Waals surface area contributed by atoms with Crippen LogP contribution in [0.15, 0.2) is 0 Å². The third-order valence-electron chi connectivity index (χ3n) is 12.3. The van der Waals surface area contributed by atoms with Crippen molar-refractivity contribution in [3.8, 4) is 0 Å². The van der Waals surface area contributed by atoms with E-state index in [1.54, 1.807) is 0 Å². The van der Waals surface area contributed by atoms with Crippen molar-refractivity contribution in [1.29, 1.82) is 0 Å². The predicted octanol–water partition coefficient (Wildman–Crippen LogP) is 5.49. The minimum atomic E-state index is -5.77.